The minimum absolute atomic E-state index is 0.155. The molecule has 0 atom stereocenters. The van der Waals surface area contributed by atoms with Gasteiger partial charge in [0.1, 0.15) is 0 Å². The number of nitrogens with one attached hydrogen (secondary N) is 1. The van der Waals surface area contributed by atoms with Gasteiger partial charge in [-0.25, -0.2) is 0 Å². The van der Waals surface area contributed by atoms with Crippen molar-refractivity contribution in [3.63, 3.8) is 0 Å². The van der Waals surface area contributed by atoms with Gasteiger partial charge in [-0.15, -0.1) is 0 Å². The van der Waals surface area contributed by atoms with Gasteiger partial charge < -0.3 is 0 Å². The first-order valence-corrected chi connectivity index (χ1v) is 3.48. The maximum absolute atomic E-state index is 12.0. The summed E-state index contributed by atoms with van der Waals surface area (Å²) in [5.41, 5.74) is -2.75. The van der Waals surface area contributed by atoms with Crippen molar-refractivity contribution in [2.75, 3.05) is 0 Å². The fourth-order valence-corrected chi connectivity index (χ4v) is 0.791. The Labute approximate surface area is 75.0 Å². The zero-order chi connectivity index (χ0) is 10.2. The number of hydrogen-bond donors (Lipinski definition) is 1. The van der Waals surface area contributed by atoms with Crippen LogP contribution >= 0.6 is 12.2 Å². The van der Waals surface area contributed by atoms with E-state index in [0.29, 0.717) is 4.57 Å². The number of hydrogen-bond acceptors (Lipinski definition) is 3. The van der Waals surface area contributed by atoms with Crippen LogP contribution in [0, 0.1) is 4.77 Å². The largest absolute Gasteiger partial charge is 0.440 e. The van der Waals surface area contributed by atoms with Crippen LogP contribution in [0.4, 0.5) is 13.2 Å². The maximum Gasteiger partial charge on any atom is 0.440 e. The number of alkyl halides is 3. The van der Waals surface area contributed by atoms with Crippen LogP contribution in [0.3, 0.4) is 0 Å². The van der Waals surface area contributed by atoms with Gasteiger partial charge in [0.25, 0.3) is 5.56 Å². The normalized spacial score (nSPS) is 11.7. The number of H-pyrrole nitrogens is 1. The Morgan fingerprint density at radius 3 is 2.54 bits per heavy atom. The van der Waals surface area contributed by atoms with Crippen molar-refractivity contribution in [1.82, 2.24) is 14.8 Å². The molecule has 0 radical (unpaired) electrons. The van der Waals surface area contributed by atoms with Gasteiger partial charge in [-0.3, -0.25) is 14.5 Å². The molecule has 4 nitrogen and oxygen atoms in total. The molecular formula is C5H4F3N3OS. The van der Waals surface area contributed by atoms with Crippen molar-refractivity contribution in [3.05, 3.63) is 20.8 Å². The summed E-state index contributed by atoms with van der Waals surface area (Å²) in [5.74, 6) is 0. The molecule has 0 bridgehead atoms. The fraction of sp³-hybridized carbons (Fsp3) is 0.400. The second-order valence-electron chi connectivity index (χ2n) is 2.24. The summed E-state index contributed by atoms with van der Waals surface area (Å²) in [5, 5.41) is 4.75. The number of aromatic nitrogens is 3. The minimum atomic E-state index is -4.76. The Balaban J connectivity index is 3.54. The molecule has 1 rings (SSSR count). The van der Waals surface area contributed by atoms with E-state index in [-0.39, 0.29) is 4.77 Å². The van der Waals surface area contributed by atoms with Crippen LogP contribution in [-0.4, -0.2) is 14.8 Å². The molecule has 0 aliphatic carbocycles. The molecule has 1 heterocycles. The molecule has 1 N–H and O–H groups in total. The Morgan fingerprint density at radius 1 is 1.54 bits per heavy atom. The number of rotatable bonds is 0. The van der Waals surface area contributed by atoms with Gasteiger partial charge in [-0.1, -0.05) is 0 Å². The summed E-state index contributed by atoms with van der Waals surface area (Å²) < 4.78 is 36.6. The van der Waals surface area contributed by atoms with E-state index in [0.717, 1.165) is 7.05 Å². The van der Waals surface area contributed by atoms with E-state index in [4.69, 9.17) is 0 Å². The van der Waals surface area contributed by atoms with Gasteiger partial charge in [0.05, 0.1) is 0 Å². The van der Waals surface area contributed by atoms with Crippen LogP contribution < -0.4 is 5.56 Å². The van der Waals surface area contributed by atoms with Crippen molar-refractivity contribution >= 4 is 12.2 Å². The first kappa shape index (κ1) is 9.90. The lowest BCUT2D eigenvalue weighted by Crippen LogP contribution is -2.30. The lowest BCUT2D eigenvalue weighted by Gasteiger charge is -2.04. The highest BCUT2D eigenvalue weighted by Crippen LogP contribution is 2.23. The zero-order valence-electron chi connectivity index (χ0n) is 6.34. The standard InChI is InChI=1S/C5H4F3N3OS/c1-11-3(12)2(5(6,7)8)9-10-4(11)13/h1H3,(H,10,13). The van der Waals surface area contributed by atoms with Gasteiger partial charge in [-0.05, 0) is 12.2 Å². The molecule has 8 heteroatoms. The lowest BCUT2D eigenvalue weighted by molar-refractivity contribution is -0.143. The molecule has 0 amide bonds. The van der Waals surface area contributed by atoms with E-state index in [1.165, 1.54) is 0 Å². The fourth-order valence-electron chi connectivity index (χ4n) is 0.662. The van der Waals surface area contributed by atoms with Crippen LogP contribution in [0.2, 0.25) is 0 Å². The smallest absolute Gasteiger partial charge is 0.286 e. The van der Waals surface area contributed by atoms with Crippen molar-refractivity contribution in [1.29, 1.82) is 0 Å². The van der Waals surface area contributed by atoms with Gasteiger partial charge in [0.15, 0.2) is 4.77 Å². The van der Waals surface area contributed by atoms with E-state index in [1.807, 2.05) is 5.10 Å². The third-order valence-electron chi connectivity index (χ3n) is 1.34. The molecule has 0 aliphatic rings. The van der Waals surface area contributed by atoms with Crippen molar-refractivity contribution in [3.8, 4) is 0 Å². The molecule has 0 aromatic carbocycles. The van der Waals surface area contributed by atoms with E-state index in [9.17, 15) is 18.0 Å². The first-order chi connectivity index (χ1) is 5.84. The molecule has 1 aromatic rings. The predicted molar refractivity (Wildman–Crippen MR) is 39.7 cm³/mol. The third kappa shape index (κ3) is 1.77. The van der Waals surface area contributed by atoms with Crippen LogP contribution in [-0.2, 0) is 13.2 Å². The summed E-state index contributed by atoms with van der Waals surface area (Å²) in [6.07, 6.45) is -4.76. The summed E-state index contributed by atoms with van der Waals surface area (Å²) in [6.45, 7) is 0. The van der Waals surface area contributed by atoms with Crippen LogP contribution in [0.5, 0.6) is 0 Å². The molecule has 1 aromatic heterocycles. The maximum atomic E-state index is 12.0. The highest BCUT2D eigenvalue weighted by molar-refractivity contribution is 7.71. The molecule has 0 spiro atoms. The first-order valence-electron chi connectivity index (χ1n) is 3.07. The summed E-state index contributed by atoms with van der Waals surface area (Å²) in [6, 6.07) is 0. The van der Waals surface area contributed by atoms with Gasteiger partial charge >= 0.3 is 6.18 Å². The number of aromatic amines is 1. The van der Waals surface area contributed by atoms with E-state index < -0.39 is 17.4 Å². The average molecular weight is 211 g/mol. The molecule has 0 aliphatic heterocycles. The zero-order valence-corrected chi connectivity index (χ0v) is 7.16. The van der Waals surface area contributed by atoms with Crippen LogP contribution in [0.1, 0.15) is 5.69 Å². The molecular weight excluding hydrogens is 207 g/mol. The van der Waals surface area contributed by atoms with E-state index >= 15 is 0 Å². The van der Waals surface area contributed by atoms with Crippen molar-refractivity contribution in [2.45, 2.75) is 6.18 Å². The third-order valence-corrected chi connectivity index (χ3v) is 1.71. The Kier molecular flexibility index (Phi) is 2.24. The van der Waals surface area contributed by atoms with Gasteiger partial charge in [-0.2, -0.15) is 18.3 Å². The van der Waals surface area contributed by atoms with E-state index in [1.54, 1.807) is 0 Å². The minimum Gasteiger partial charge on any atom is -0.286 e. The molecule has 13 heavy (non-hydrogen) atoms. The Bertz CT molecular complexity index is 432. The topological polar surface area (TPSA) is 50.7 Å². The van der Waals surface area contributed by atoms with Gasteiger partial charge in [0.2, 0.25) is 5.69 Å². The van der Waals surface area contributed by atoms with Crippen LogP contribution in [0.15, 0.2) is 4.79 Å². The van der Waals surface area contributed by atoms with Crippen molar-refractivity contribution in [2.24, 2.45) is 7.05 Å². The highest BCUT2D eigenvalue weighted by Gasteiger charge is 2.36. The monoisotopic (exact) mass is 211 g/mol. The lowest BCUT2D eigenvalue weighted by atomic mass is 10.4. The highest BCUT2D eigenvalue weighted by atomic mass is 32.1. The quantitative estimate of drug-likeness (QED) is 0.647. The summed E-state index contributed by atoms with van der Waals surface area (Å²) in [4.78, 5) is 10.9. The summed E-state index contributed by atoms with van der Waals surface area (Å²) >= 11 is 4.50. The molecule has 72 valence electrons. The predicted octanol–water partition coefficient (Wildman–Crippen LogP) is 0.857. The average Bonchev–Trinajstić information content (AvgIpc) is 1.98. The van der Waals surface area contributed by atoms with Crippen molar-refractivity contribution < 1.29 is 13.2 Å². The number of halogens is 3. The SMILES string of the molecule is Cn1c(=S)[nH]nc(C(F)(F)F)c1=O. The molecule has 0 saturated carbocycles. The second-order valence-corrected chi connectivity index (χ2v) is 2.63. The Morgan fingerprint density at radius 2 is 2.08 bits per heavy atom. The molecule has 0 unspecified atom stereocenters. The number of nitrogens with zero attached hydrogens (tertiary/aromatic N) is 2. The van der Waals surface area contributed by atoms with E-state index in [2.05, 4.69) is 17.3 Å². The summed E-state index contributed by atoms with van der Waals surface area (Å²) in [7, 11) is 1.14. The molecule has 0 saturated heterocycles. The second kappa shape index (κ2) is 2.95. The van der Waals surface area contributed by atoms with Gasteiger partial charge in [0, 0.05) is 7.05 Å². The Hall–Kier alpha value is -1.18. The molecule has 0 fully saturated rings. The van der Waals surface area contributed by atoms with Crippen LogP contribution in [0.25, 0.3) is 0 Å².